The maximum absolute atomic E-state index is 11.3. The van der Waals surface area contributed by atoms with Crippen molar-refractivity contribution in [3.8, 4) is 0 Å². The second-order valence-corrected chi connectivity index (χ2v) is 15.7. The number of nitro groups is 2. The summed E-state index contributed by atoms with van der Waals surface area (Å²) in [5.74, 6) is 0.625. The SMILES string of the molecule is CC1(O)CCC(CNc2ccc(S(N)(=O)=O)cc2[N+](=O)[O-])CC1.CC1(O)CCC(CNc2ccc(S(N)(=O)=O)cc2[N+](=O)[O-])CC1. The Hall–Kier alpha value is -3.42. The van der Waals surface area contributed by atoms with Gasteiger partial charge in [-0.3, -0.25) is 20.2 Å². The summed E-state index contributed by atoms with van der Waals surface area (Å²) in [6, 6.07) is 7.13. The number of nitro benzene ring substituents is 2. The van der Waals surface area contributed by atoms with Gasteiger partial charge in [0, 0.05) is 25.2 Å². The summed E-state index contributed by atoms with van der Waals surface area (Å²) >= 11 is 0. The number of nitrogens with one attached hydrogen (secondary N) is 2. The second kappa shape index (κ2) is 14.6. The summed E-state index contributed by atoms with van der Waals surface area (Å²) in [6.07, 6.45) is 6.15. The minimum absolute atomic E-state index is 0.264. The van der Waals surface area contributed by atoms with Crippen LogP contribution in [-0.2, 0) is 20.0 Å². The molecule has 0 bridgehead atoms. The van der Waals surface area contributed by atoms with Gasteiger partial charge in [-0.2, -0.15) is 0 Å². The average molecular weight is 687 g/mol. The lowest BCUT2D eigenvalue weighted by Gasteiger charge is -2.33. The van der Waals surface area contributed by atoms with Crippen LogP contribution < -0.4 is 20.9 Å². The van der Waals surface area contributed by atoms with Crippen LogP contribution in [0.1, 0.15) is 65.2 Å². The molecule has 0 spiro atoms. The summed E-state index contributed by atoms with van der Waals surface area (Å²) < 4.78 is 45.2. The molecular formula is C28H42N6O10S2. The highest BCUT2D eigenvalue weighted by atomic mass is 32.2. The fraction of sp³-hybridized carbons (Fsp3) is 0.571. The Morgan fingerprint density at radius 3 is 1.28 bits per heavy atom. The van der Waals surface area contributed by atoms with Crippen molar-refractivity contribution in [2.75, 3.05) is 23.7 Å². The Balaban J connectivity index is 0.000000250. The lowest BCUT2D eigenvalue weighted by Crippen LogP contribution is -2.32. The van der Waals surface area contributed by atoms with E-state index in [1.807, 2.05) is 13.8 Å². The predicted octanol–water partition coefficient (Wildman–Crippen LogP) is 3.19. The van der Waals surface area contributed by atoms with Crippen LogP contribution in [0.3, 0.4) is 0 Å². The van der Waals surface area contributed by atoms with Gasteiger partial charge in [0.2, 0.25) is 20.0 Å². The molecule has 2 fully saturated rings. The Kier molecular flexibility index (Phi) is 11.7. The van der Waals surface area contributed by atoms with E-state index in [9.17, 15) is 47.3 Å². The molecule has 8 N–H and O–H groups in total. The van der Waals surface area contributed by atoms with Gasteiger partial charge in [0.25, 0.3) is 11.4 Å². The molecule has 2 aliphatic carbocycles. The molecule has 18 heteroatoms. The number of sulfonamides is 2. The van der Waals surface area contributed by atoms with E-state index in [4.69, 9.17) is 10.3 Å². The van der Waals surface area contributed by atoms with E-state index < -0.39 is 41.1 Å². The standard InChI is InChI=1S/2C14H21N3O5S/c2*1-14(18)6-4-10(5-7-14)9-16-12-3-2-11(23(15,21)22)8-13(12)17(19)20/h2*2-3,8,10,16,18H,4-7,9H2,1H3,(H2,15,21,22). The molecule has 0 amide bonds. The molecule has 4 rings (SSSR count). The predicted molar refractivity (Wildman–Crippen MR) is 171 cm³/mol. The van der Waals surface area contributed by atoms with E-state index in [0.717, 1.165) is 37.8 Å². The zero-order valence-corrected chi connectivity index (χ0v) is 27.3. The van der Waals surface area contributed by atoms with E-state index >= 15 is 0 Å². The maximum Gasteiger partial charge on any atom is 0.293 e. The van der Waals surface area contributed by atoms with Crippen LogP contribution in [0.15, 0.2) is 46.2 Å². The monoisotopic (exact) mass is 686 g/mol. The number of hydrogen-bond acceptors (Lipinski definition) is 12. The normalized spacial score (nSPS) is 25.1. The average Bonchev–Trinajstić information content (AvgIpc) is 2.95. The quantitative estimate of drug-likeness (QED) is 0.155. The van der Waals surface area contributed by atoms with Crippen molar-refractivity contribution in [2.45, 2.75) is 86.2 Å². The number of primary sulfonamides is 2. The van der Waals surface area contributed by atoms with Gasteiger partial charge < -0.3 is 20.8 Å². The minimum Gasteiger partial charge on any atom is -0.390 e. The molecule has 0 aliphatic heterocycles. The highest BCUT2D eigenvalue weighted by Gasteiger charge is 2.30. The Labute approximate surface area is 268 Å². The van der Waals surface area contributed by atoms with E-state index in [-0.39, 0.29) is 32.5 Å². The molecular weight excluding hydrogens is 644 g/mol. The van der Waals surface area contributed by atoms with Crippen molar-refractivity contribution in [1.82, 2.24) is 0 Å². The van der Waals surface area contributed by atoms with Gasteiger partial charge in [-0.15, -0.1) is 0 Å². The zero-order chi connectivity index (χ0) is 34.5. The molecule has 0 heterocycles. The third-order valence-corrected chi connectivity index (χ3v) is 10.3. The van der Waals surface area contributed by atoms with Crippen LogP contribution in [-0.4, -0.2) is 61.2 Å². The number of aliphatic hydroxyl groups is 2. The number of benzene rings is 2. The van der Waals surface area contributed by atoms with Gasteiger partial charge >= 0.3 is 0 Å². The number of nitrogens with zero attached hydrogens (tertiary/aromatic N) is 2. The molecule has 0 aromatic heterocycles. The summed E-state index contributed by atoms with van der Waals surface area (Å²) in [7, 11) is -7.97. The van der Waals surface area contributed by atoms with E-state index in [1.54, 1.807) is 0 Å². The van der Waals surface area contributed by atoms with Gasteiger partial charge in [-0.25, -0.2) is 27.1 Å². The van der Waals surface area contributed by atoms with Crippen LogP contribution in [0.5, 0.6) is 0 Å². The Morgan fingerprint density at radius 1 is 0.717 bits per heavy atom. The van der Waals surface area contributed by atoms with Crippen molar-refractivity contribution < 1.29 is 36.9 Å². The largest absolute Gasteiger partial charge is 0.390 e. The molecule has 2 aromatic rings. The lowest BCUT2D eigenvalue weighted by molar-refractivity contribution is -0.384. The topological polar surface area (TPSA) is 271 Å². The minimum atomic E-state index is -3.98. The molecule has 256 valence electrons. The fourth-order valence-electron chi connectivity index (χ4n) is 5.49. The highest BCUT2D eigenvalue weighted by Crippen LogP contribution is 2.34. The molecule has 16 nitrogen and oxygen atoms in total. The first-order valence-electron chi connectivity index (χ1n) is 14.7. The van der Waals surface area contributed by atoms with Gasteiger partial charge in [0.15, 0.2) is 0 Å². The number of hydrogen-bond donors (Lipinski definition) is 6. The Morgan fingerprint density at radius 2 is 1.02 bits per heavy atom. The maximum atomic E-state index is 11.3. The summed E-state index contributed by atoms with van der Waals surface area (Å²) in [5, 5.41) is 58.1. The van der Waals surface area contributed by atoms with Gasteiger partial charge in [0.05, 0.1) is 30.8 Å². The zero-order valence-electron chi connectivity index (χ0n) is 25.7. The molecule has 0 unspecified atom stereocenters. The van der Waals surface area contributed by atoms with Gasteiger partial charge in [-0.05, 0) is 101 Å². The Bertz CT molecular complexity index is 1510. The van der Waals surface area contributed by atoms with E-state index in [0.29, 0.717) is 50.6 Å². The molecule has 2 saturated carbocycles. The van der Waals surface area contributed by atoms with Crippen LogP contribution in [0.2, 0.25) is 0 Å². The fourth-order valence-corrected chi connectivity index (χ4v) is 6.56. The molecule has 0 atom stereocenters. The summed E-state index contributed by atoms with van der Waals surface area (Å²) in [6.45, 7) is 4.69. The van der Waals surface area contributed by atoms with Crippen molar-refractivity contribution in [3.05, 3.63) is 56.6 Å². The lowest BCUT2D eigenvalue weighted by atomic mass is 9.80. The summed E-state index contributed by atoms with van der Waals surface area (Å²) in [5.41, 5.74) is -1.36. The first kappa shape index (κ1) is 37.0. The second-order valence-electron chi connectivity index (χ2n) is 12.6. The van der Waals surface area contributed by atoms with Crippen LogP contribution in [0.4, 0.5) is 22.7 Å². The molecule has 0 radical (unpaired) electrons. The van der Waals surface area contributed by atoms with Crippen LogP contribution >= 0.6 is 0 Å². The van der Waals surface area contributed by atoms with Gasteiger partial charge in [0.1, 0.15) is 11.4 Å². The van der Waals surface area contributed by atoms with E-state index in [1.165, 1.54) is 24.3 Å². The van der Waals surface area contributed by atoms with Gasteiger partial charge in [-0.1, -0.05) is 0 Å². The third kappa shape index (κ3) is 10.8. The first-order valence-corrected chi connectivity index (χ1v) is 17.8. The molecule has 46 heavy (non-hydrogen) atoms. The molecule has 0 saturated heterocycles. The van der Waals surface area contributed by atoms with E-state index in [2.05, 4.69) is 10.6 Å². The van der Waals surface area contributed by atoms with Crippen LogP contribution in [0.25, 0.3) is 0 Å². The van der Waals surface area contributed by atoms with Crippen molar-refractivity contribution in [2.24, 2.45) is 22.1 Å². The number of nitrogens with two attached hydrogens (primary N) is 2. The first-order chi connectivity index (χ1) is 21.2. The van der Waals surface area contributed by atoms with Crippen LogP contribution in [0, 0.1) is 32.1 Å². The molecule has 2 aromatic carbocycles. The smallest absolute Gasteiger partial charge is 0.293 e. The highest BCUT2D eigenvalue weighted by molar-refractivity contribution is 7.89. The van der Waals surface area contributed by atoms with Crippen molar-refractivity contribution >= 4 is 42.8 Å². The number of anilines is 2. The van der Waals surface area contributed by atoms with Crippen molar-refractivity contribution in [3.63, 3.8) is 0 Å². The summed E-state index contributed by atoms with van der Waals surface area (Å²) in [4.78, 5) is 20.4. The van der Waals surface area contributed by atoms with Crippen molar-refractivity contribution in [1.29, 1.82) is 0 Å². The molecule has 2 aliphatic rings. The number of rotatable bonds is 10. The third-order valence-electron chi connectivity index (χ3n) is 8.52.